The molecule has 1 fully saturated rings. The van der Waals surface area contributed by atoms with Crippen LogP contribution in [0.1, 0.15) is 11.1 Å². The van der Waals surface area contributed by atoms with Crippen molar-refractivity contribution in [2.75, 3.05) is 18.1 Å². The molecule has 1 saturated heterocycles. The Kier molecular flexibility index (Phi) is 4.00. The third-order valence-corrected chi connectivity index (χ3v) is 3.68. The van der Waals surface area contributed by atoms with Crippen molar-refractivity contribution in [3.05, 3.63) is 59.7 Å². The van der Waals surface area contributed by atoms with Gasteiger partial charge < -0.3 is 9.47 Å². The second-order valence-corrected chi connectivity index (χ2v) is 5.58. The molecule has 1 atom stereocenters. The van der Waals surface area contributed by atoms with E-state index < -0.39 is 0 Å². The zero-order chi connectivity index (χ0) is 15.5. The molecule has 2 aromatic carbocycles. The standard InChI is InChI=1S/C18H19NO3/c1-13-3-7-15(8-4-13)19-11-17(22-18(19)20)12-21-16-9-5-14(2)6-10-16/h3-10,17H,11-12H2,1-2H3. The molecule has 1 amide bonds. The Hall–Kier alpha value is -2.49. The molecule has 1 aliphatic rings. The van der Waals surface area contributed by atoms with Crippen LogP contribution < -0.4 is 9.64 Å². The number of benzene rings is 2. The molecule has 0 saturated carbocycles. The summed E-state index contributed by atoms with van der Waals surface area (Å²) in [6.07, 6.45) is -0.573. The summed E-state index contributed by atoms with van der Waals surface area (Å²) >= 11 is 0. The van der Waals surface area contributed by atoms with Crippen molar-refractivity contribution < 1.29 is 14.3 Å². The zero-order valence-electron chi connectivity index (χ0n) is 12.8. The lowest BCUT2D eigenvalue weighted by Gasteiger charge is -2.13. The first-order valence-corrected chi connectivity index (χ1v) is 7.36. The highest BCUT2D eigenvalue weighted by atomic mass is 16.6. The summed E-state index contributed by atoms with van der Waals surface area (Å²) in [4.78, 5) is 13.6. The van der Waals surface area contributed by atoms with Gasteiger partial charge in [0.25, 0.3) is 0 Å². The topological polar surface area (TPSA) is 38.8 Å². The third-order valence-electron chi connectivity index (χ3n) is 3.68. The van der Waals surface area contributed by atoms with Gasteiger partial charge in [0.1, 0.15) is 12.4 Å². The molecule has 4 nitrogen and oxygen atoms in total. The number of carbonyl (C=O) groups excluding carboxylic acids is 1. The van der Waals surface area contributed by atoms with Gasteiger partial charge in [0.15, 0.2) is 6.10 Å². The van der Waals surface area contributed by atoms with Gasteiger partial charge in [-0.3, -0.25) is 4.90 Å². The summed E-state index contributed by atoms with van der Waals surface area (Å²) in [5, 5.41) is 0. The molecule has 22 heavy (non-hydrogen) atoms. The summed E-state index contributed by atoms with van der Waals surface area (Å²) < 4.78 is 11.1. The lowest BCUT2D eigenvalue weighted by molar-refractivity contribution is 0.105. The molecule has 114 valence electrons. The van der Waals surface area contributed by atoms with E-state index in [1.54, 1.807) is 4.90 Å². The van der Waals surface area contributed by atoms with Gasteiger partial charge >= 0.3 is 6.09 Å². The van der Waals surface area contributed by atoms with Crippen molar-refractivity contribution in [1.82, 2.24) is 0 Å². The van der Waals surface area contributed by atoms with Gasteiger partial charge in [-0.1, -0.05) is 35.4 Å². The van der Waals surface area contributed by atoms with Gasteiger partial charge in [-0.05, 0) is 38.1 Å². The van der Waals surface area contributed by atoms with Crippen molar-refractivity contribution in [2.24, 2.45) is 0 Å². The average Bonchev–Trinajstić information content (AvgIpc) is 2.89. The van der Waals surface area contributed by atoms with E-state index in [9.17, 15) is 4.79 Å². The molecule has 0 bridgehead atoms. The van der Waals surface area contributed by atoms with Crippen LogP contribution >= 0.6 is 0 Å². The van der Waals surface area contributed by atoms with Gasteiger partial charge in [0, 0.05) is 5.69 Å². The Labute approximate surface area is 130 Å². The lowest BCUT2D eigenvalue weighted by atomic mass is 10.2. The molecule has 0 spiro atoms. The maximum atomic E-state index is 12.0. The average molecular weight is 297 g/mol. The first-order valence-electron chi connectivity index (χ1n) is 7.36. The lowest BCUT2D eigenvalue weighted by Crippen LogP contribution is -2.26. The number of aryl methyl sites for hydroxylation is 2. The van der Waals surface area contributed by atoms with Crippen molar-refractivity contribution in [3.8, 4) is 5.75 Å². The van der Waals surface area contributed by atoms with Crippen LogP contribution in [0.25, 0.3) is 0 Å². The smallest absolute Gasteiger partial charge is 0.414 e. The Balaban J connectivity index is 1.59. The highest BCUT2D eigenvalue weighted by Crippen LogP contribution is 2.22. The minimum absolute atomic E-state index is 0.255. The van der Waals surface area contributed by atoms with E-state index >= 15 is 0 Å². The fraction of sp³-hybridized carbons (Fsp3) is 0.278. The van der Waals surface area contributed by atoms with Crippen molar-refractivity contribution >= 4 is 11.8 Å². The van der Waals surface area contributed by atoms with Crippen LogP contribution in [0.3, 0.4) is 0 Å². The monoisotopic (exact) mass is 297 g/mol. The largest absolute Gasteiger partial charge is 0.490 e. The number of amides is 1. The maximum absolute atomic E-state index is 12.0. The Bertz CT molecular complexity index is 649. The summed E-state index contributed by atoms with van der Waals surface area (Å²) in [6.45, 7) is 4.91. The second kappa shape index (κ2) is 6.10. The number of ether oxygens (including phenoxy) is 2. The first kappa shape index (κ1) is 14.4. The number of carbonyl (C=O) groups is 1. The molecule has 0 N–H and O–H groups in total. The van der Waals surface area contributed by atoms with Crippen LogP contribution in [0.5, 0.6) is 5.75 Å². The molecule has 0 radical (unpaired) electrons. The van der Waals surface area contributed by atoms with E-state index in [-0.39, 0.29) is 12.2 Å². The highest BCUT2D eigenvalue weighted by Gasteiger charge is 2.32. The molecule has 4 heteroatoms. The zero-order valence-corrected chi connectivity index (χ0v) is 12.8. The number of hydrogen-bond acceptors (Lipinski definition) is 3. The van der Waals surface area contributed by atoms with Gasteiger partial charge in [-0.25, -0.2) is 4.79 Å². The number of rotatable bonds is 4. The van der Waals surface area contributed by atoms with E-state index in [0.717, 1.165) is 17.0 Å². The molecule has 0 aromatic heterocycles. The van der Waals surface area contributed by atoms with Crippen molar-refractivity contribution in [2.45, 2.75) is 20.0 Å². The van der Waals surface area contributed by atoms with E-state index in [0.29, 0.717) is 13.2 Å². The van der Waals surface area contributed by atoms with Crippen LogP contribution in [0.15, 0.2) is 48.5 Å². The summed E-state index contributed by atoms with van der Waals surface area (Å²) in [5.41, 5.74) is 3.20. The highest BCUT2D eigenvalue weighted by molar-refractivity contribution is 5.89. The minimum atomic E-state index is -0.318. The van der Waals surface area contributed by atoms with E-state index in [1.165, 1.54) is 5.56 Å². The molecular weight excluding hydrogens is 278 g/mol. The van der Waals surface area contributed by atoms with Crippen molar-refractivity contribution in [3.63, 3.8) is 0 Å². The Morgan fingerprint density at radius 1 is 1.05 bits per heavy atom. The molecular formula is C18H19NO3. The van der Waals surface area contributed by atoms with Gasteiger partial charge in [0.05, 0.1) is 6.54 Å². The fourth-order valence-electron chi connectivity index (χ4n) is 2.37. The van der Waals surface area contributed by atoms with Gasteiger partial charge in [-0.15, -0.1) is 0 Å². The first-order chi connectivity index (χ1) is 10.6. The van der Waals surface area contributed by atoms with E-state index in [2.05, 4.69) is 0 Å². The summed E-state index contributed by atoms with van der Waals surface area (Å²) in [6, 6.07) is 15.7. The van der Waals surface area contributed by atoms with E-state index in [1.807, 2.05) is 62.4 Å². The predicted molar refractivity (Wildman–Crippen MR) is 85.5 cm³/mol. The number of cyclic esters (lactones) is 1. The van der Waals surface area contributed by atoms with Gasteiger partial charge in [0.2, 0.25) is 0 Å². The van der Waals surface area contributed by atoms with Crippen LogP contribution in [-0.4, -0.2) is 25.3 Å². The Morgan fingerprint density at radius 3 is 2.27 bits per heavy atom. The molecule has 2 aromatic rings. The van der Waals surface area contributed by atoms with Crippen LogP contribution in [-0.2, 0) is 4.74 Å². The van der Waals surface area contributed by atoms with Crippen LogP contribution in [0, 0.1) is 13.8 Å². The molecule has 1 unspecified atom stereocenters. The van der Waals surface area contributed by atoms with Crippen molar-refractivity contribution in [1.29, 1.82) is 0 Å². The number of anilines is 1. The van der Waals surface area contributed by atoms with Gasteiger partial charge in [-0.2, -0.15) is 0 Å². The second-order valence-electron chi connectivity index (χ2n) is 5.58. The maximum Gasteiger partial charge on any atom is 0.414 e. The normalized spacial score (nSPS) is 17.5. The van der Waals surface area contributed by atoms with E-state index in [4.69, 9.17) is 9.47 Å². The summed E-state index contributed by atoms with van der Waals surface area (Å²) in [5.74, 6) is 0.787. The van der Waals surface area contributed by atoms with Crippen LogP contribution in [0.4, 0.5) is 10.5 Å². The van der Waals surface area contributed by atoms with Crippen LogP contribution in [0.2, 0.25) is 0 Å². The Morgan fingerprint density at radius 2 is 1.64 bits per heavy atom. The number of nitrogens with zero attached hydrogens (tertiary/aromatic N) is 1. The molecule has 3 rings (SSSR count). The summed E-state index contributed by atoms with van der Waals surface area (Å²) in [7, 11) is 0. The molecule has 0 aliphatic carbocycles. The predicted octanol–water partition coefficient (Wildman–Crippen LogP) is 3.71. The number of hydrogen-bond donors (Lipinski definition) is 0. The molecule has 1 aliphatic heterocycles. The fourth-order valence-corrected chi connectivity index (χ4v) is 2.37. The SMILES string of the molecule is Cc1ccc(OCC2CN(c3ccc(C)cc3)C(=O)O2)cc1. The molecule has 1 heterocycles. The quantitative estimate of drug-likeness (QED) is 0.863. The minimum Gasteiger partial charge on any atom is -0.490 e. The third kappa shape index (κ3) is 3.22.